The summed E-state index contributed by atoms with van der Waals surface area (Å²) in [5, 5.41) is 10.7. The average Bonchev–Trinajstić information content (AvgIpc) is 2.37. The first-order chi connectivity index (χ1) is 9.80. The third-order valence-electron chi connectivity index (χ3n) is 5.08. The van der Waals surface area contributed by atoms with Gasteiger partial charge in [0.25, 0.3) is 0 Å². The number of hydrogen-bond acceptors (Lipinski definition) is 3. The molecule has 1 spiro atoms. The maximum Gasteiger partial charge on any atom is 0.0730 e. The molecule has 3 nitrogen and oxygen atoms in total. The molecule has 3 heteroatoms. The average molecular weight is 298 g/mol. The van der Waals surface area contributed by atoms with Crippen LogP contribution in [0.3, 0.4) is 0 Å². The number of ether oxygens (including phenoxy) is 2. The number of aliphatic hydroxyl groups is 1. The highest BCUT2D eigenvalue weighted by atomic mass is 16.5. The van der Waals surface area contributed by atoms with Crippen LogP contribution in [0.2, 0.25) is 0 Å². The highest BCUT2D eigenvalue weighted by Crippen LogP contribution is 2.39. The fraction of sp³-hybridized carbons (Fsp3) is 1.00. The Labute approximate surface area is 130 Å². The van der Waals surface area contributed by atoms with E-state index >= 15 is 0 Å². The fourth-order valence-corrected chi connectivity index (χ4v) is 4.22. The first-order valence-electron chi connectivity index (χ1n) is 8.69. The van der Waals surface area contributed by atoms with Gasteiger partial charge >= 0.3 is 0 Å². The topological polar surface area (TPSA) is 38.7 Å². The largest absolute Gasteiger partial charge is 0.393 e. The van der Waals surface area contributed by atoms with Crippen LogP contribution in [0.1, 0.15) is 66.2 Å². The van der Waals surface area contributed by atoms with Gasteiger partial charge in [-0.25, -0.2) is 0 Å². The van der Waals surface area contributed by atoms with Gasteiger partial charge in [-0.05, 0) is 55.8 Å². The normalized spacial score (nSPS) is 29.3. The van der Waals surface area contributed by atoms with Gasteiger partial charge in [0.1, 0.15) is 0 Å². The summed E-state index contributed by atoms with van der Waals surface area (Å²) < 4.78 is 11.6. The molecule has 2 heterocycles. The molecule has 2 aliphatic rings. The lowest BCUT2D eigenvalue weighted by Crippen LogP contribution is -2.46. The SMILES string of the molecule is CC(CC(O)C1CCOC2(CCOCC2)C1)CC(C)(C)C. The van der Waals surface area contributed by atoms with Crippen molar-refractivity contribution in [3.05, 3.63) is 0 Å². The summed E-state index contributed by atoms with van der Waals surface area (Å²) >= 11 is 0. The van der Waals surface area contributed by atoms with Gasteiger partial charge in [0.15, 0.2) is 0 Å². The van der Waals surface area contributed by atoms with Crippen LogP contribution in [0.5, 0.6) is 0 Å². The van der Waals surface area contributed by atoms with Crippen molar-refractivity contribution in [1.29, 1.82) is 0 Å². The van der Waals surface area contributed by atoms with Crippen LogP contribution in [0.25, 0.3) is 0 Å². The van der Waals surface area contributed by atoms with Crippen molar-refractivity contribution in [1.82, 2.24) is 0 Å². The van der Waals surface area contributed by atoms with E-state index in [-0.39, 0.29) is 11.7 Å². The Balaban J connectivity index is 1.85. The summed E-state index contributed by atoms with van der Waals surface area (Å²) in [5.74, 6) is 0.979. The standard InChI is InChI=1S/C18H34O3/c1-14(12-17(2,3)4)11-16(19)15-5-8-21-18(13-15)6-9-20-10-7-18/h14-16,19H,5-13H2,1-4H3. The molecule has 2 aliphatic heterocycles. The Morgan fingerprint density at radius 3 is 2.48 bits per heavy atom. The zero-order valence-corrected chi connectivity index (χ0v) is 14.4. The third kappa shape index (κ3) is 5.22. The van der Waals surface area contributed by atoms with Crippen LogP contribution in [0.4, 0.5) is 0 Å². The second-order valence-corrected chi connectivity index (χ2v) is 8.57. The van der Waals surface area contributed by atoms with Crippen molar-refractivity contribution in [2.75, 3.05) is 19.8 Å². The van der Waals surface area contributed by atoms with E-state index in [0.29, 0.717) is 17.3 Å². The van der Waals surface area contributed by atoms with Crippen molar-refractivity contribution in [3.63, 3.8) is 0 Å². The van der Waals surface area contributed by atoms with Gasteiger partial charge < -0.3 is 14.6 Å². The number of rotatable bonds is 4. The Morgan fingerprint density at radius 1 is 1.19 bits per heavy atom. The van der Waals surface area contributed by atoms with Gasteiger partial charge in [0, 0.05) is 19.8 Å². The minimum Gasteiger partial charge on any atom is -0.393 e. The summed E-state index contributed by atoms with van der Waals surface area (Å²) in [6.45, 7) is 11.5. The Bertz CT molecular complexity index is 309. The molecule has 2 fully saturated rings. The molecule has 3 unspecified atom stereocenters. The van der Waals surface area contributed by atoms with Crippen LogP contribution in [0.15, 0.2) is 0 Å². The molecule has 3 atom stereocenters. The van der Waals surface area contributed by atoms with E-state index in [1.54, 1.807) is 0 Å². The molecule has 0 aliphatic carbocycles. The highest BCUT2D eigenvalue weighted by molar-refractivity contribution is 4.91. The predicted molar refractivity (Wildman–Crippen MR) is 85.3 cm³/mol. The maximum atomic E-state index is 10.7. The molecule has 0 bridgehead atoms. The Kier molecular flexibility index (Phi) is 5.72. The Morgan fingerprint density at radius 2 is 1.86 bits per heavy atom. The van der Waals surface area contributed by atoms with Gasteiger partial charge in [-0.15, -0.1) is 0 Å². The van der Waals surface area contributed by atoms with Crippen LogP contribution in [-0.2, 0) is 9.47 Å². The van der Waals surface area contributed by atoms with E-state index in [1.165, 1.54) is 6.42 Å². The smallest absolute Gasteiger partial charge is 0.0730 e. The summed E-state index contributed by atoms with van der Waals surface area (Å²) in [5.41, 5.74) is 0.339. The van der Waals surface area contributed by atoms with Crippen molar-refractivity contribution < 1.29 is 14.6 Å². The maximum absolute atomic E-state index is 10.7. The molecule has 21 heavy (non-hydrogen) atoms. The quantitative estimate of drug-likeness (QED) is 0.858. The summed E-state index contributed by atoms with van der Waals surface area (Å²) in [7, 11) is 0. The Hall–Kier alpha value is -0.120. The molecular formula is C18H34O3. The minimum absolute atomic E-state index is 0.00455. The first kappa shape index (κ1) is 17.2. The van der Waals surface area contributed by atoms with Crippen molar-refractivity contribution >= 4 is 0 Å². The molecule has 0 aromatic rings. The molecule has 1 N–H and O–H groups in total. The predicted octanol–water partition coefficient (Wildman–Crippen LogP) is 3.79. The van der Waals surface area contributed by atoms with Crippen LogP contribution < -0.4 is 0 Å². The van der Waals surface area contributed by atoms with E-state index in [0.717, 1.165) is 51.9 Å². The fourth-order valence-electron chi connectivity index (χ4n) is 4.22. The lowest BCUT2D eigenvalue weighted by Gasteiger charge is -2.44. The van der Waals surface area contributed by atoms with Crippen LogP contribution >= 0.6 is 0 Å². The molecule has 0 amide bonds. The second-order valence-electron chi connectivity index (χ2n) is 8.57. The second kappa shape index (κ2) is 6.97. The van der Waals surface area contributed by atoms with Gasteiger partial charge in [0.2, 0.25) is 0 Å². The molecular weight excluding hydrogens is 264 g/mol. The molecule has 2 saturated heterocycles. The van der Waals surface area contributed by atoms with E-state index < -0.39 is 0 Å². The lowest BCUT2D eigenvalue weighted by molar-refractivity contribution is -0.159. The van der Waals surface area contributed by atoms with Gasteiger partial charge in [0.05, 0.1) is 11.7 Å². The van der Waals surface area contributed by atoms with E-state index in [2.05, 4.69) is 27.7 Å². The van der Waals surface area contributed by atoms with Crippen molar-refractivity contribution in [2.24, 2.45) is 17.3 Å². The van der Waals surface area contributed by atoms with Crippen molar-refractivity contribution in [3.8, 4) is 0 Å². The zero-order valence-electron chi connectivity index (χ0n) is 14.4. The third-order valence-corrected chi connectivity index (χ3v) is 5.08. The monoisotopic (exact) mass is 298 g/mol. The molecule has 0 radical (unpaired) electrons. The molecule has 0 saturated carbocycles. The summed E-state index contributed by atoms with van der Waals surface area (Å²) in [6, 6.07) is 0. The van der Waals surface area contributed by atoms with E-state index in [4.69, 9.17) is 9.47 Å². The molecule has 124 valence electrons. The highest BCUT2D eigenvalue weighted by Gasteiger charge is 2.41. The van der Waals surface area contributed by atoms with Crippen LogP contribution in [0, 0.1) is 17.3 Å². The number of aliphatic hydroxyl groups excluding tert-OH is 1. The van der Waals surface area contributed by atoms with Gasteiger partial charge in [-0.3, -0.25) is 0 Å². The minimum atomic E-state index is -0.175. The van der Waals surface area contributed by atoms with E-state index in [9.17, 15) is 5.11 Å². The van der Waals surface area contributed by atoms with E-state index in [1.807, 2.05) is 0 Å². The van der Waals surface area contributed by atoms with Gasteiger partial charge in [-0.1, -0.05) is 27.7 Å². The van der Waals surface area contributed by atoms with Crippen LogP contribution in [-0.4, -0.2) is 36.6 Å². The zero-order chi connectivity index (χ0) is 15.5. The molecule has 0 aromatic carbocycles. The summed E-state index contributed by atoms with van der Waals surface area (Å²) in [6.07, 6.45) is 5.93. The lowest BCUT2D eigenvalue weighted by atomic mass is 9.75. The first-order valence-corrected chi connectivity index (χ1v) is 8.69. The summed E-state index contributed by atoms with van der Waals surface area (Å²) in [4.78, 5) is 0. The molecule has 2 rings (SSSR count). The molecule has 0 aromatic heterocycles. The van der Waals surface area contributed by atoms with Crippen molar-refractivity contribution in [2.45, 2.75) is 77.9 Å². The number of hydrogen-bond donors (Lipinski definition) is 1. The van der Waals surface area contributed by atoms with Gasteiger partial charge in [-0.2, -0.15) is 0 Å².